The number of benzene rings is 2. The van der Waals surface area contributed by atoms with Crippen LogP contribution in [-0.4, -0.2) is 17.0 Å². The topological polar surface area (TPSA) is 63.6 Å². The zero-order valence-corrected chi connectivity index (χ0v) is 12.6. The Morgan fingerprint density at radius 2 is 1.82 bits per heavy atom. The second kappa shape index (κ2) is 7.11. The van der Waals surface area contributed by atoms with Crippen molar-refractivity contribution in [2.45, 2.75) is 0 Å². The minimum Gasteiger partial charge on any atom is -0.478 e. The first-order valence-electron chi connectivity index (χ1n) is 6.14. The van der Waals surface area contributed by atoms with Crippen LogP contribution in [-0.2, 0) is 4.79 Å². The van der Waals surface area contributed by atoms with Crippen LogP contribution in [0.3, 0.4) is 0 Å². The Labute approximate surface area is 136 Å². The molecule has 0 saturated heterocycles. The molecule has 0 amide bonds. The van der Waals surface area contributed by atoms with Crippen LogP contribution in [0, 0.1) is 0 Å². The van der Waals surface area contributed by atoms with Gasteiger partial charge in [0.05, 0.1) is 0 Å². The van der Waals surface area contributed by atoms with Crippen LogP contribution in [0.2, 0.25) is 10.0 Å². The van der Waals surface area contributed by atoms with Gasteiger partial charge in [0.2, 0.25) is 0 Å². The zero-order chi connectivity index (χ0) is 16.1. The summed E-state index contributed by atoms with van der Waals surface area (Å²) in [6.07, 6.45) is 2.66. The van der Waals surface area contributed by atoms with Crippen molar-refractivity contribution in [2.24, 2.45) is 0 Å². The predicted molar refractivity (Wildman–Crippen MR) is 84.5 cm³/mol. The summed E-state index contributed by atoms with van der Waals surface area (Å²) in [6, 6.07) is 10.9. The molecule has 6 heteroatoms. The molecular formula is C16H10Cl2O4. The Kier molecular flexibility index (Phi) is 5.20. The fourth-order valence-corrected chi connectivity index (χ4v) is 2.04. The molecule has 0 atom stereocenters. The summed E-state index contributed by atoms with van der Waals surface area (Å²) >= 11 is 11.7. The van der Waals surface area contributed by atoms with Crippen molar-refractivity contribution in [3.05, 3.63) is 69.7 Å². The minimum atomic E-state index is -1.24. The molecule has 0 unspecified atom stereocenters. The smallest absolute Gasteiger partial charge is 0.339 e. The van der Waals surface area contributed by atoms with Crippen LogP contribution in [0.1, 0.15) is 15.9 Å². The molecule has 2 rings (SSSR count). The normalized spacial score (nSPS) is 10.6. The van der Waals surface area contributed by atoms with Gasteiger partial charge < -0.3 is 9.84 Å². The molecule has 0 aliphatic rings. The zero-order valence-electron chi connectivity index (χ0n) is 11.1. The lowest BCUT2D eigenvalue weighted by Crippen LogP contribution is -2.08. The number of carboxylic acid groups (broad SMARTS) is 1. The first kappa shape index (κ1) is 16.1. The molecule has 0 aromatic heterocycles. The van der Waals surface area contributed by atoms with Crippen LogP contribution in [0.15, 0.2) is 48.5 Å². The second-order valence-corrected chi connectivity index (χ2v) is 5.07. The van der Waals surface area contributed by atoms with E-state index in [0.29, 0.717) is 10.6 Å². The van der Waals surface area contributed by atoms with E-state index < -0.39 is 11.9 Å². The fourth-order valence-electron chi connectivity index (χ4n) is 1.67. The van der Waals surface area contributed by atoms with Gasteiger partial charge in [-0.05, 0) is 35.9 Å². The Bertz CT molecular complexity index is 754. The van der Waals surface area contributed by atoms with Gasteiger partial charge in [0, 0.05) is 16.1 Å². The monoisotopic (exact) mass is 336 g/mol. The molecule has 2 aromatic rings. The highest BCUT2D eigenvalue weighted by Gasteiger charge is 2.14. The molecule has 0 aliphatic carbocycles. The van der Waals surface area contributed by atoms with Gasteiger partial charge in [-0.15, -0.1) is 0 Å². The minimum absolute atomic E-state index is 0.0780. The van der Waals surface area contributed by atoms with Gasteiger partial charge in [-0.1, -0.05) is 41.4 Å². The van der Waals surface area contributed by atoms with E-state index in [1.165, 1.54) is 30.4 Å². The number of ether oxygens (including phenoxy) is 1. The van der Waals surface area contributed by atoms with Crippen LogP contribution < -0.4 is 4.74 Å². The first-order chi connectivity index (χ1) is 10.5. The molecule has 112 valence electrons. The highest BCUT2D eigenvalue weighted by Crippen LogP contribution is 2.23. The van der Waals surface area contributed by atoms with Crippen LogP contribution in [0.25, 0.3) is 6.08 Å². The highest BCUT2D eigenvalue weighted by molar-refractivity contribution is 6.32. The van der Waals surface area contributed by atoms with E-state index in [0.717, 1.165) is 0 Å². The molecule has 0 radical (unpaired) electrons. The Hall–Kier alpha value is -2.30. The largest absolute Gasteiger partial charge is 0.478 e. The molecule has 2 aromatic carbocycles. The summed E-state index contributed by atoms with van der Waals surface area (Å²) in [4.78, 5) is 22.9. The molecule has 0 saturated carbocycles. The summed E-state index contributed by atoms with van der Waals surface area (Å²) in [5.74, 6) is -2.03. The summed E-state index contributed by atoms with van der Waals surface area (Å²) in [6.45, 7) is 0. The van der Waals surface area contributed by atoms with Crippen molar-refractivity contribution in [3.8, 4) is 5.75 Å². The maximum Gasteiger partial charge on any atom is 0.339 e. The highest BCUT2D eigenvalue weighted by atomic mass is 35.5. The maximum atomic E-state index is 11.8. The van der Waals surface area contributed by atoms with Crippen molar-refractivity contribution in [3.63, 3.8) is 0 Å². The van der Waals surface area contributed by atoms with E-state index in [1.807, 2.05) is 0 Å². The molecule has 4 nitrogen and oxygen atoms in total. The molecule has 22 heavy (non-hydrogen) atoms. The third-order valence-corrected chi connectivity index (χ3v) is 3.27. The van der Waals surface area contributed by atoms with E-state index >= 15 is 0 Å². The van der Waals surface area contributed by atoms with Crippen LogP contribution in [0.4, 0.5) is 0 Å². The summed E-state index contributed by atoms with van der Waals surface area (Å²) < 4.78 is 5.02. The number of carboxylic acids is 1. The van der Waals surface area contributed by atoms with Gasteiger partial charge in [0.15, 0.2) is 0 Å². The number of esters is 1. The van der Waals surface area contributed by atoms with Gasteiger partial charge in [0.25, 0.3) is 0 Å². The molecular weight excluding hydrogens is 327 g/mol. The number of hydrogen-bond donors (Lipinski definition) is 1. The molecule has 1 N–H and O–H groups in total. The van der Waals surface area contributed by atoms with Gasteiger partial charge in [0.1, 0.15) is 11.3 Å². The average molecular weight is 337 g/mol. The molecule has 0 bridgehead atoms. The number of aromatic carboxylic acids is 1. The maximum absolute atomic E-state index is 11.8. The van der Waals surface area contributed by atoms with E-state index in [2.05, 4.69) is 0 Å². The van der Waals surface area contributed by atoms with Crippen molar-refractivity contribution in [1.82, 2.24) is 0 Å². The van der Waals surface area contributed by atoms with Crippen LogP contribution in [0.5, 0.6) is 5.75 Å². The third-order valence-electron chi connectivity index (χ3n) is 2.69. The van der Waals surface area contributed by atoms with Crippen molar-refractivity contribution in [2.75, 3.05) is 0 Å². The molecule has 0 fully saturated rings. The quantitative estimate of drug-likeness (QED) is 0.513. The predicted octanol–water partition coefficient (Wildman–Crippen LogP) is 4.31. The van der Waals surface area contributed by atoms with Crippen molar-refractivity contribution in [1.29, 1.82) is 0 Å². The van der Waals surface area contributed by atoms with E-state index in [4.69, 9.17) is 33.0 Å². The summed E-state index contributed by atoms with van der Waals surface area (Å²) in [7, 11) is 0. The van der Waals surface area contributed by atoms with E-state index in [-0.39, 0.29) is 16.3 Å². The number of carbonyl (C=O) groups is 2. The SMILES string of the molecule is O=C(/C=C/c1ccccc1Cl)Oc1ccc(Cl)cc1C(=O)O. The number of rotatable bonds is 4. The summed E-state index contributed by atoms with van der Waals surface area (Å²) in [5, 5.41) is 9.79. The Morgan fingerprint density at radius 3 is 2.50 bits per heavy atom. The number of carbonyl (C=O) groups excluding carboxylic acids is 1. The lowest BCUT2D eigenvalue weighted by atomic mass is 10.2. The fraction of sp³-hybridized carbons (Fsp3) is 0. The molecule has 0 heterocycles. The van der Waals surface area contributed by atoms with Gasteiger partial charge in [-0.25, -0.2) is 9.59 Å². The Morgan fingerprint density at radius 1 is 1.09 bits per heavy atom. The third kappa shape index (κ3) is 4.10. The van der Waals surface area contributed by atoms with Gasteiger partial charge >= 0.3 is 11.9 Å². The number of halogens is 2. The lowest BCUT2D eigenvalue weighted by Gasteiger charge is -2.05. The van der Waals surface area contributed by atoms with Crippen molar-refractivity contribution >= 4 is 41.2 Å². The molecule has 0 aliphatic heterocycles. The number of hydrogen-bond acceptors (Lipinski definition) is 3. The van der Waals surface area contributed by atoms with Gasteiger partial charge in [-0.2, -0.15) is 0 Å². The van der Waals surface area contributed by atoms with E-state index in [9.17, 15) is 9.59 Å². The lowest BCUT2D eigenvalue weighted by molar-refractivity contribution is -0.128. The average Bonchev–Trinajstić information content (AvgIpc) is 2.48. The van der Waals surface area contributed by atoms with Crippen LogP contribution >= 0.6 is 23.2 Å². The first-order valence-corrected chi connectivity index (χ1v) is 6.90. The van der Waals surface area contributed by atoms with E-state index in [1.54, 1.807) is 24.3 Å². The Balaban J connectivity index is 2.16. The second-order valence-electron chi connectivity index (χ2n) is 4.22. The summed E-state index contributed by atoms with van der Waals surface area (Å²) in [5.41, 5.74) is 0.461. The molecule has 0 spiro atoms. The standard InChI is InChI=1S/C16H10Cl2O4/c17-11-6-7-14(12(9-11)16(20)21)22-15(19)8-5-10-3-1-2-4-13(10)18/h1-9H,(H,20,21)/b8-5+. The van der Waals surface area contributed by atoms with Crippen molar-refractivity contribution < 1.29 is 19.4 Å². The van der Waals surface area contributed by atoms with Gasteiger partial charge in [-0.3, -0.25) is 0 Å².